The third kappa shape index (κ3) is 3.21. The summed E-state index contributed by atoms with van der Waals surface area (Å²) in [5, 5.41) is 2.17. The highest BCUT2D eigenvalue weighted by Gasteiger charge is 2.46. The molecule has 0 amide bonds. The van der Waals surface area contributed by atoms with E-state index in [0.29, 0.717) is 11.5 Å². The summed E-state index contributed by atoms with van der Waals surface area (Å²) in [6.45, 7) is 11.2. The summed E-state index contributed by atoms with van der Waals surface area (Å²) in [4.78, 5) is 4.10. The molecule has 1 saturated carbocycles. The molecule has 3 heteroatoms. The first-order chi connectivity index (χ1) is 8.88. The molecule has 0 saturated heterocycles. The Balaban J connectivity index is 2.22. The summed E-state index contributed by atoms with van der Waals surface area (Å²) >= 11 is 1.85. The van der Waals surface area contributed by atoms with Gasteiger partial charge in [0.25, 0.3) is 0 Å². The molecule has 1 heterocycles. The van der Waals surface area contributed by atoms with Crippen LogP contribution in [0.3, 0.4) is 0 Å². The molecule has 2 N–H and O–H groups in total. The number of nitrogens with zero attached hydrogens (tertiary/aromatic N) is 1. The summed E-state index contributed by atoms with van der Waals surface area (Å²) in [6, 6.07) is 4.93. The van der Waals surface area contributed by atoms with Gasteiger partial charge in [-0.2, -0.15) is 0 Å². The van der Waals surface area contributed by atoms with Crippen molar-refractivity contribution in [3.8, 4) is 0 Å². The first-order valence-electron chi connectivity index (χ1n) is 7.38. The van der Waals surface area contributed by atoms with Crippen LogP contribution < -0.4 is 5.73 Å². The third-order valence-electron chi connectivity index (χ3n) is 4.59. The Labute approximate surface area is 122 Å². The monoisotopic (exact) mass is 280 g/mol. The van der Waals surface area contributed by atoms with Gasteiger partial charge >= 0.3 is 0 Å². The van der Waals surface area contributed by atoms with Gasteiger partial charge in [0.15, 0.2) is 0 Å². The zero-order valence-electron chi connectivity index (χ0n) is 12.8. The Morgan fingerprint density at radius 1 is 1.37 bits per heavy atom. The fourth-order valence-electron chi connectivity index (χ4n) is 3.64. The zero-order valence-corrected chi connectivity index (χ0v) is 13.6. The Morgan fingerprint density at radius 2 is 2.11 bits per heavy atom. The molecule has 0 bridgehead atoms. The van der Waals surface area contributed by atoms with Gasteiger partial charge in [0.2, 0.25) is 0 Å². The van der Waals surface area contributed by atoms with E-state index in [1.807, 2.05) is 11.3 Å². The number of rotatable bonds is 5. The molecule has 1 unspecified atom stereocenters. The Hall–Kier alpha value is -0.380. The lowest BCUT2D eigenvalue weighted by atomic mass is 9.86. The maximum Gasteiger partial charge on any atom is 0.0343 e. The second kappa shape index (κ2) is 5.55. The first kappa shape index (κ1) is 15.0. The van der Waals surface area contributed by atoms with Crippen LogP contribution >= 0.6 is 11.3 Å². The van der Waals surface area contributed by atoms with Gasteiger partial charge in [-0.05, 0) is 50.0 Å². The second-order valence-corrected chi connectivity index (χ2v) is 8.10. The van der Waals surface area contributed by atoms with Gasteiger partial charge < -0.3 is 5.73 Å². The normalized spacial score (nSPS) is 26.5. The first-order valence-corrected chi connectivity index (χ1v) is 8.26. The van der Waals surface area contributed by atoms with Crippen molar-refractivity contribution in [2.24, 2.45) is 11.1 Å². The van der Waals surface area contributed by atoms with Gasteiger partial charge in [-0.15, -0.1) is 11.3 Å². The quantitative estimate of drug-likeness (QED) is 0.887. The van der Waals surface area contributed by atoms with E-state index < -0.39 is 0 Å². The maximum absolute atomic E-state index is 6.22. The summed E-state index contributed by atoms with van der Waals surface area (Å²) in [5.74, 6) is 0. The molecule has 2 rings (SSSR count). The number of hydrogen-bond acceptors (Lipinski definition) is 3. The van der Waals surface area contributed by atoms with Crippen LogP contribution in [0.1, 0.15) is 51.8 Å². The topological polar surface area (TPSA) is 29.3 Å². The van der Waals surface area contributed by atoms with Crippen LogP contribution in [-0.2, 0) is 6.54 Å². The molecular formula is C16H28N2S. The van der Waals surface area contributed by atoms with Gasteiger partial charge in [-0.3, -0.25) is 4.90 Å². The van der Waals surface area contributed by atoms with Crippen LogP contribution in [0.2, 0.25) is 0 Å². The SMILES string of the molecule is CC(C)N(Cc1cccs1)C1(CN)CCC(C)(C)C1. The zero-order chi connectivity index (χ0) is 14.1. The van der Waals surface area contributed by atoms with Gasteiger partial charge in [-0.25, -0.2) is 0 Å². The molecular weight excluding hydrogens is 252 g/mol. The molecule has 1 aliphatic carbocycles. The van der Waals surface area contributed by atoms with E-state index in [1.54, 1.807) is 0 Å². The van der Waals surface area contributed by atoms with Crippen molar-refractivity contribution < 1.29 is 0 Å². The van der Waals surface area contributed by atoms with Crippen LogP contribution in [0.15, 0.2) is 17.5 Å². The highest BCUT2D eigenvalue weighted by molar-refractivity contribution is 7.09. The number of nitrogens with two attached hydrogens (primary N) is 1. The van der Waals surface area contributed by atoms with Crippen LogP contribution in [-0.4, -0.2) is 23.0 Å². The largest absolute Gasteiger partial charge is 0.329 e. The minimum Gasteiger partial charge on any atom is -0.329 e. The van der Waals surface area contributed by atoms with Crippen molar-refractivity contribution in [1.29, 1.82) is 0 Å². The molecule has 1 atom stereocenters. The van der Waals surface area contributed by atoms with Crippen molar-refractivity contribution in [2.75, 3.05) is 6.54 Å². The van der Waals surface area contributed by atoms with Crippen molar-refractivity contribution in [3.63, 3.8) is 0 Å². The minimum atomic E-state index is 0.196. The highest BCUT2D eigenvalue weighted by atomic mass is 32.1. The molecule has 0 aromatic carbocycles. The van der Waals surface area contributed by atoms with E-state index in [9.17, 15) is 0 Å². The van der Waals surface area contributed by atoms with Crippen molar-refractivity contribution >= 4 is 11.3 Å². The molecule has 1 aromatic heterocycles. The predicted octanol–water partition coefficient (Wildman–Crippen LogP) is 3.87. The molecule has 108 valence electrons. The molecule has 1 aromatic rings. The van der Waals surface area contributed by atoms with Gasteiger partial charge in [-0.1, -0.05) is 19.9 Å². The predicted molar refractivity (Wildman–Crippen MR) is 84.4 cm³/mol. The minimum absolute atomic E-state index is 0.196. The number of hydrogen-bond donors (Lipinski definition) is 1. The Morgan fingerprint density at radius 3 is 2.53 bits per heavy atom. The van der Waals surface area contributed by atoms with Gasteiger partial charge in [0, 0.05) is 29.5 Å². The lowest BCUT2D eigenvalue weighted by molar-refractivity contribution is 0.0504. The molecule has 0 spiro atoms. The summed E-state index contributed by atoms with van der Waals surface area (Å²) < 4.78 is 0. The smallest absolute Gasteiger partial charge is 0.0343 e. The standard InChI is InChI=1S/C16H28N2S/c1-13(2)18(10-14-6-5-9-19-14)16(12-17)8-7-15(3,4)11-16/h5-6,9,13H,7-8,10-12,17H2,1-4H3. The Kier molecular flexibility index (Phi) is 4.38. The highest BCUT2D eigenvalue weighted by Crippen LogP contribution is 2.47. The lowest BCUT2D eigenvalue weighted by Crippen LogP contribution is -2.54. The van der Waals surface area contributed by atoms with E-state index in [2.05, 4.69) is 50.1 Å². The fourth-order valence-corrected chi connectivity index (χ4v) is 4.35. The summed E-state index contributed by atoms with van der Waals surface area (Å²) in [6.07, 6.45) is 3.75. The average molecular weight is 280 g/mol. The summed E-state index contributed by atoms with van der Waals surface area (Å²) in [7, 11) is 0. The van der Waals surface area contributed by atoms with E-state index in [0.717, 1.165) is 13.1 Å². The van der Waals surface area contributed by atoms with E-state index in [-0.39, 0.29) is 5.54 Å². The molecule has 1 fully saturated rings. The van der Waals surface area contributed by atoms with Crippen LogP contribution in [0.5, 0.6) is 0 Å². The van der Waals surface area contributed by atoms with E-state index >= 15 is 0 Å². The third-order valence-corrected chi connectivity index (χ3v) is 5.45. The van der Waals surface area contributed by atoms with Crippen LogP contribution in [0, 0.1) is 5.41 Å². The van der Waals surface area contributed by atoms with Gasteiger partial charge in [0.1, 0.15) is 0 Å². The van der Waals surface area contributed by atoms with Crippen molar-refractivity contribution in [3.05, 3.63) is 22.4 Å². The van der Waals surface area contributed by atoms with Crippen molar-refractivity contribution in [2.45, 2.75) is 65.1 Å². The van der Waals surface area contributed by atoms with E-state index in [1.165, 1.54) is 24.1 Å². The number of thiophene rings is 1. The van der Waals surface area contributed by atoms with Crippen molar-refractivity contribution in [1.82, 2.24) is 4.90 Å². The maximum atomic E-state index is 6.22. The van der Waals surface area contributed by atoms with Crippen LogP contribution in [0.4, 0.5) is 0 Å². The van der Waals surface area contributed by atoms with Gasteiger partial charge in [0.05, 0.1) is 0 Å². The average Bonchev–Trinajstić information content (AvgIpc) is 2.93. The van der Waals surface area contributed by atoms with Crippen LogP contribution in [0.25, 0.3) is 0 Å². The van der Waals surface area contributed by atoms with E-state index in [4.69, 9.17) is 5.73 Å². The molecule has 19 heavy (non-hydrogen) atoms. The summed E-state index contributed by atoms with van der Waals surface area (Å²) in [5.41, 5.74) is 6.85. The second-order valence-electron chi connectivity index (χ2n) is 7.07. The molecule has 2 nitrogen and oxygen atoms in total. The lowest BCUT2D eigenvalue weighted by Gasteiger charge is -2.44. The Bertz CT molecular complexity index is 397. The fraction of sp³-hybridized carbons (Fsp3) is 0.750. The molecule has 0 aliphatic heterocycles. The molecule has 0 radical (unpaired) electrons. The molecule has 1 aliphatic rings.